The van der Waals surface area contributed by atoms with E-state index in [1.807, 2.05) is 58.8 Å². The van der Waals surface area contributed by atoms with E-state index >= 15 is 0 Å². The van der Waals surface area contributed by atoms with E-state index in [-0.39, 0.29) is 30.5 Å². The van der Waals surface area contributed by atoms with Crippen LogP contribution in [0.2, 0.25) is 0 Å². The molecule has 2 aromatic carbocycles. The van der Waals surface area contributed by atoms with E-state index in [0.29, 0.717) is 37.4 Å². The maximum Gasteiger partial charge on any atom is 0.412 e. The van der Waals surface area contributed by atoms with E-state index in [1.165, 1.54) is 11.3 Å². The molecule has 1 aromatic heterocycles. The molecule has 0 bridgehead atoms. The maximum atomic E-state index is 13.2. The van der Waals surface area contributed by atoms with Crippen LogP contribution < -0.4 is 21.3 Å². The van der Waals surface area contributed by atoms with Crippen molar-refractivity contribution in [3.63, 3.8) is 0 Å². The quantitative estimate of drug-likeness (QED) is 0.371. The third-order valence-electron chi connectivity index (χ3n) is 7.67. The summed E-state index contributed by atoms with van der Waals surface area (Å²) in [6.07, 6.45) is 3.68. The molecule has 0 unspecified atom stereocenters. The van der Waals surface area contributed by atoms with Crippen molar-refractivity contribution in [2.45, 2.75) is 50.8 Å². The lowest BCUT2D eigenvalue weighted by molar-refractivity contribution is 0.0771. The van der Waals surface area contributed by atoms with Gasteiger partial charge >= 0.3 is 6.09 Å². The third kappa shape index (κ3) is 7.65. The molecule has 2 aliphatic rings. The highest BCUT2D eigenvalue weighted by atomic mass is 32.1. The van der Waals surface area contributed by atoms with Crippen LogP contribution in [0.5, 0.6) is 0 Å². The Kier molecular flexibility index (Phi) is 9.53. The van der Waals surface area contributed by atoms with Crippen LogP contribution in [0, 0.1) is 0 Å². The maximum absolute atomic E-state index is 13.2. The van der Waals surface area contributed by atoms with Crippen molar-refractivity contribution in [1.82, 2.24) is 10.2 Å². The summed E-state index contributed by atoms with van der Waals surface area (Å²) in [6, 6.07) is 18.9. The van der Waals surface area contributed by atoms with Gasteiger partial charge in [-0.15, -0.1) is 11.3 Å². The number of amides is 3. The second kappa shape index (κ2) is 13.6. The van der Waals surface area contributed by atoms with Gasteiger partial charge in [0.05, 0.1) is 16.3 Å². The Hall–Kier alpha value is -3.89. The van der Waals surface area contributed by atoms with Crippen LogP contribution >= 0.6 is 11.3 Å². The summed E-state index contributed by atoms with van der Waals surface area (Å²) >= 11 is 1.45. The highest BCUT2D eigenvalue weighted by Crippen LogP contribution is 2.29. The molecule has 1 saturated heterocycles. The van der Waals surface area contributed by atoms with Crippen molar-refractivity contribution < 1.29 is 19.1 Å². The average Bonchev–Trinajstić information content (AvgIpc) is 3.42. The Labute approximate surface area is 244 Å². The molecule has 1 saturated carbocycles. The Morgan fingerprint density at radius 1 is 0.927 bits per heavy atom. The molecule has 2 heterocycles. The van der Waals surface area contributed by atoms with Gasteiger partial charge < -0.3 is 25.6 Å². The highest BCUT2D eigenvalue weighted by Gasteiger charge is 2.25. The minimum absolute atomic E-state index is 0.0420. The van der Waals surface area contributed by atoms with Crippen LogP contribution in [-0.4, -0.2) is 61.1 Å². The molecular weight excluding hydrogens is 538 g/mol. The number of nitrogens with two attached hydrogens (primary N) is 1. The molecule has 0 radical (unpaired) electrons. The fraction of sp³-hybridized carbons (Fsp3) is 0.387. The third-order valence-corrected chi connectivity index (χ3v) is 8.53. The molecule has 0 spiro atoms. The minimum Gasteiger partial charge on any atom is -0.444 e. The summed E-state index contributed by atoms with van der Waals surface area (Å²) in [5, 5.41) is 7.92. The van der Waals surface area contributed by atoms with Crippen LogP contribution in [0.4, 0.5) is 16.2 Å². The molecule has 41 heavy (non-hydrogen) atoms. The van der Waals surface area contributed by atoms with Gasteiger partial charge in [-0.25, -0.2) is 4.79 Å². The Morgan fingerprint density at radius 2 is 1.73 bits per heavy atom. The molecule has 3 amide bonds. The normalized spacial score (nSPS) is 19.2. The number of nitrogens with zero attached hydrogens (tertiary/aromatic N) is 2. The number of nitrogens with one attached hydrogen (secondary N) is 2. The lowest BCUT2D eigenvalue weighted by Crippen LogP contribution is -2.40. The molecule has 10 heteroatoms. The molecule has 3 aromatic rings. The fourth-order valence-corrected chi connectivity index (χ4v) is 6.06. The van der Waals surface area contributed by atoms with Crippen LogP contribution in [0.25, 0.3) is 0 Å². The Morgan fingerprint density at radius 3 is 2.49 bits per heavy atom. The summed E-state index contributed by atoms with van der Waals surface area (Å²) < 4.78 is 5.49. The monoisotopic (exact) mass is 575 g/mol. The Bertz CT molecular complexity index is 1330. The molecule has 216 valence electrons. The van der Waals surface area contributed by atoms with Gasteiger partial charge in [0.1, 0.15) is 6.61 Å². The SMILES string of the molecule is NC1CCC(NC(=O)c2ccc(N3CCCN(C(=O)c4cccs4)CC3)c(NC(=O)OCc3ccccc3)c2)CC1. The van der Waals surface area contributed by atoms with Crippen molar-refractivity contribution in [2.75, 3.05) is 36.4 Å². The lowest BCUT2D eigenvalue weighted by atomic mass is 9.91. The number of anilines is 2. The van der Waals surface area contributed by atoms with Crippen molar-refractivity contribution in [1.29, 1.82) is 0 Å². The van der Waals surface area contributed by atoms with Crippen LogP contribution in [0.15, 0.2) is 66.0 Å². The zero-order chi connectivity index (χ0) is 28.6. The number of carbonyl (C=O) groups is 3. The first-order chi connectivity index (χ1) is 20.0. The molecular formula is C31H37N5O4S. The molecule has 9 nitrogen and oxygen atoms in total. The van der Waals surface area contributed by atoms with Gasteiger partial charge in [0.15, 0.2) is 0 Å². The average molecular weight is 576 g/mol. The van der Waals surface area contributed by atoms with Crippen molar-refractivity contribution in [2.24, 2.45) is 5.73 Å². The van der Waals surface area contributed by atoms with Gasteiger partial charge in [-0.1, -0.05) is 36.4 Å². The van der Waals surface area contributed by atoms with E-state index < -0.39 is 6.09 Å². The van der Waals surface area contributed by atoms with Gasteiger partial charge in [0, 0.05) is 43.8 Å². The minimum atomic E-state index is -0.599. The molecule has 1 aliphatic carbocycles. The van der Waals surface area contributed by atoms with E-state index in [0.717, 1.165) is 48.2 Å². The first-order valence-corrected chi connectivity index (χ1v) is 15.1. The number of rotatable bonds is 7. The standard InChI is InChI=1S/C31H37N5O4S/c32-24-10-12-25(13-11-24)33-29(37)23-9-14-27(26(20-23)34-31(39)40-21-22-6-2-1-3-7-22)35-15-5-16-36(18-17-35)30(38)28-8-4-19-41-28/h1-4,6-9,14,19-20,24-25H,5,10-13,15-18,21,32H2,(H,33,37)(H,34,39). The number of hydrogen-bond donors (Lipinski definition) is 3. The van der Waals surface area contributed by atoms with Crippen molar-refractivity contribution in [3.05, 3.63) is 82.0 Å². The summed E-state index contributed by atoms with van der Waals surface area (Å²) in [5.74, 6) is -0.137. The summed E-state index contributed by atoms with van der Waals surface area (Å²) in [6.45, 7) is 2.64. The number of ether oxygens (including phenoxy) is 1. The predicted molar refractivity (Wildman–Crippen MR) is 161 cm³/mol. The molecule has 2 fully saturated rings. The van der Waals surface area contributed by atoms with Crippen LogP contribution in [0.1, 0.15) is 57.7 Å². The number of thiophene rings is 1. The van der Waals surface area contributed by atoms with E-state index in [9.17, 15) is 14.4 Å². The molecule has 4 N–H and O–H groups in total. The topological polar surface area (TPSA) is 117 Å². The van der Waals surface area contributed by atoms with E-state index in [4.69, 9.17) is 10.5 Å². The zero-order valence-corrected chi connectivity index (χ0v) is 23.9. The summed E-state index contributed by atoms with van der Waals surface area (Å²) in [4.78, 5) is 43.8. The van der Waals surface area contributed by atoms with Gasteiger partial charge in [0.25, 0.3) is 11.8 Å². The summed E-state index contributed by atoms with van der Waals surface area (Å²) in [5.41, 5.74) is 8.65. The van der Waals surface area contributed by atoms with Crippen molar-refractivity contribution in [3.8, 4) is 0 Å². The van der Waals surface area contributed by atoms with Crippen LogP contribution in [0.3, 0.4) is 0 Å². The van der Waals surface area contributed by atoms with E-state index in [2.05, 4.69) is 15.5 Å². The number of carbonyl (C=O) groups excluding carboxylic acids is 3. The highest BCUT2D eigenvalue weighted by molar-refractivity contribution is 7.12. The second-order valence-corrected chi connectivity index (χ2v) is 11.6. The van der Waals surface area contributed by atoms with E-state index in [1.54, 1.807) is 12.1 Å². The van der Waals surface area contributed by atoms with Gasteiger partial charge in [-0.05, 0) is 67.3 Å². The lowest BCUT2D eigenvalue weighted by Gasteiger charge is -2.28. The van der Waals surface area contributed by atoms with Crippen molar-refractivity contribution >= 4 is 40.6 Å². The number of benzene rings is 2. The summed E-state index contributed by atoms with van der Waals surface area (Å²) in [7, 11) is 0. The Balaban J connectivity index is 1.31. The first kappa shape index (κ1) is 28.6. The van der Waals surface area contributed by atoms with Gasteiger partial charge in [-0.3, -0.25) is 14.9 Å². The predicted octanol–water partition coefficient (Wildman–Crippen LogP) is 4.85. The molecule has 1 aliphatic heterocycles. The van der Waals surface area contributed by atoms with Gasteiger partial charge in [0.2, 0.25) is 0 Å². The zero-order valence-electron chi connectivity index (χ0n) is 23.1. The second-order valence-electron chi connectivity index (χ2n) is 10.6. The molecule has 5 rings (SSSR count). The smallest absolute Gasteiger partial charge is 0.412 e. The fourth-order valence-electron chi connectivity index (χ4n) is 5.37. The first-order valence-electron chi connectivity index (χ1n) is 14.2. The largest absolute Gasteiger partial charge is 0.444 e. The molecule has 0 atom stereocenters. The van der Waals surface area contributed by atoms with Crippen LogP contribution in [-0.2, 0) is 11.3 Å². The number of hydrogen-bond acceptors (Lipinski definition) is 7. The van der Waals surface area contributed by atoms with Gasteiger partial charge in [-0.2, -0.15) is 0 Å².